The minimum Gasteiger partial charge on any atom is -0.481 e. The molecular formula is C29H30N4O3. The molecule has 3 aliphatic carbocycles. The molecule has 6 rings (SSSR count). The summed E-state index contributed by atoms with van der Waals surface area (Å²) in [5.74, 6) is 5.66. The summed E-state index contributed by atoms with van der Waals surface area (Å²) in [4.78, 5) is 29.3. The van der Waals surface area contributed by atoms with E-state index in [0.717, 1.165) is 53.4 Å². The number of rotatable bonds is 6. The number of nitrogens with zero attached hydrogens (tertiary/aromatic N) is 3. The van der Waals surface area contributed by atoms with Crippen LogP contribution in [0.2, 0.25) is 0 Å². The van der Waals surface area contributed by atoms with Crippen LogP contribution in [0.4, 0.5) is 0 Å². The first kappa shape index (κ1) is 22.8. The highest BCUT2D eigenvalue weighted by atomic mass is 16.4. The quantitative estimate of drug-likeness (QED) is 0.498. The summed E-state index contributed by atoms with van der Waals surface area (Å²) in [6.45, 7) is 3.87. The standard InChI is InChI=1S/C29H30N4O3/c1-3-4-18-7-9-23(27(34)32-22-13-29(14-22)11-21(12-29)28(35)36)26-24(18)16-31-33(26)17(2)20-8-10-25(30-15-20)19-5-6-19/h7-10,15-17,19,21-22H,5-6,11-14H2,1-2H3,(H,32,34)(H,35,36)/t17-,21?,22?,29?/m1/s1. The zero-order chi connectivity index (χ0) is 25.0. The fraction of sp³-hybridized carbons (Fsp3) is 0.448. The van der Waals surface area contributed by atoms with E-state index in [4.69, 9.17) is 5.10 Å². The molecule has 7 heteroatoms. The molecule has 0 bridgehead atoms. The van der Waals surface area contributed by atoms with Gasteiger partial charge in [-0.1, -0.05) is 12.0 Å². The van der Waals surface area contributed by atoms with E-state index < -0.39 is 5.97 Å². The molecule has 3 aliphatic rings. The van der Waals surface area contributed by atoms with E-state index >= 15 is 0 Å². The molecule has 2 aromatic heterocycles. The normalized spacial score (nSPS) is 25.4. The molecule has 0 aliphatic heterocycles. The Kier molecular flexibility index (Phi) is 5.36. The SMILES string of the molecule is CC#Cc1ccc(C(=O)NC2CC3(C2)CC(C(=O)O)C3)c2c1cnn2[C@H](C)c1ccc(C2CC2)nc1. The second-order valence-corrected chi connectivity index (χ2v) is 10.9. The van der Waals surface area contributed by atoms with Gasteiger partial charge in [0.2, 0.25) is 0 Å². The van der Waals surface area contributed by atoms with Crippen molar-refractivity contribution < 1.29 is 14.7 Å². The first-order valence-corrected chi connectivity index (χ1v) is 12.8. The fourth-order valence-corrected chi connectivity index (χ4v) is 6.15. The van der Waals surface area contributed by atoms with Crippen molar-refractivity contribution in [2.24, 2.45) is 11.3 Å². The summed E-state index contributed by atoms with van der Waals surface area (Å²) in [5.41, 5.74) is 4.50. The van der Waals surface area contributed by atoms with E-state index in [1.807, 2.05) is 23.0 Å². The predicted octanol–water partition coefficient (Wildman–Crippen LogP) is 4.66. The van der Waals surface area contributed by atoms with Gasteiger partial charge >= 0.3 is 5.97 Å². The van der Waals surface area contributed by atoms with Gasteiger partial charge in [-0.25, -0.2) is 0 Å². The summed E-state index contributed by atoms with van der Waals surface area (Å²) in [6, 6.07) is 7.93. The maximum atomic E-state index is 13.5. The van der Waals surface area contributed by atoms with Gasteiger partial charge in [0.15, 0.2) is 0 Å². The van der Waals surface area contributed by atoms with Crippen molar-refractivity contribution in [2.75, 3.05) is 0 Å². The van der Waals surface area contributed by atoms with Crippen molar-refractivity contribution in [3.8, 4) is 11.8 Å². The molecule has 1 atom stereocenters. The van der Waals surface area contributed by atoms with Crippen molar-refractivity contribution in [3.05, 3.63) is 59.0 Å². The summed E-state index contributed by atoms with van der Waals surface area (Å²) < 4.78 is 1.91. The lowest BCUT2D eigenvalue weighted by Gasteiger charge is -2.56. The van der Waals surface area contributed by atoms with Crippen LogP contribution in [0.25, 0.3) is 10.9 Å². The number of nitrogens with one attached hydrogen (secondary N) is 1. The van der Waals surface area contributed by atoms with E-state index in [0.29, 0.717) is 11.5 Å². The van der Waals surface area contributed by atoms with Crippen LogP contribution in [0.3, 0.4) is 0 Å². The van der Waals surface area contributed by atoms with Gasteiger partial charge in [0, 0.05) is 34.8 Å². The number of pyridine rings is 1. The number of benzene rings is 1. The smallest absolute Gasteiger partial charge is 0.306 e. The Balaban J connectivity index is 1.27. The van der Waals surface area contributed by atoms with Gasteiger partial charge in [-0.3, -0.25) is 19.3 Å². The lowest BCUT2D eigenvalue weighted by atomic mass is 9.50. The Morgan fingerprint density at radius 3 is 2.56 bits per heavy atom. The van der Waals surface area contributed by atoms with Crippen LogP contribution < -0.4 is 5.32 Å². The topological polar surface area (TPSA) is 97.1 Å². The Labute approximate surface area is 210 Å². The molecule has 3 aromatic rings. The highest BCUT2D eigenvalue weighted by Crippen LogP contribution is 2.58. The third-order valence-electron chi connectivity index (χ3n) is 8.32. The first-order valence-electron chi connectivity index (χ1n) is 12.8. The number of carboxylic acids is 1. The average molecular weight is 483 g/mol. The van der Waals surface area contributed by atoms with Gasteiger partial charge < -0.3 is 10.4 Å². The third-order valence-corrected chi connectivity index (χ3v) is 8.32. The van der Waals surface area contributed by atoms with Gasteiger partial charge in [0.05, 0.1) is 29.2 Å². The van der Waals surface area contributed by atoms with Gasteiger partial charge in [-0.2, -0.15) is 5.10 Å². The number of fused-ring (bicyclic) bond motifs is 1. The molecular weight excluding hydrogens is 452 g/mol. The van der Waals surface area contributed by atoms with Crippen molar-refractivity contribution in [2.45, 2.75) is 70.4 Å². The maximum Gasteiger partial charge on any atom is 0.306 e. The Bertz CT molecular complexity index is 1410. The van der Waals surface area contributed by atoms with Gasteiger partial charge in [-0.15, -0.1) is 5.92 Å². The van der Waals surface area contributed by atoms with Gasteiger partial charge in [-0.05, 0) is 81.5 Å². The molecule has 7 nitrogen and oxygen atoms in total. The number of carbonyl (C=O) groups is 2. The largest absolute Gasteiger partial charge is 0.481 e. The van der Waals surface area contributed by atoms with E-state index in [9.17, 15) is 14.7 Å². The highest BCUT2D eigenvalue weighted by molar-refractivity contribution is 6.07. The van der Waals surface area contributed by atoms with Gasteiger partial charge in [0.25, 0.3) is 5.91 Å². The van der Waals surface area contributed by atoms with Gasteiger partial charge in [0.1, 0.15) is 0 Å². The van der Waals surface area contributed by atoms with E-state index in [2.05, 4.69) is 41.2 Å². The van der Waals surface area contributed by atoms with E-state index in [1.54, 1.807) is 13.1 Å². The molecule has 1 spiro atoms. The summed E-state index contributed by atoms with van der Waals surface area (Å²) in [7, 11) is 0. The Hall–Kier alpha value is -3.66. The number of aliphatic carboxylic acids is 1. The molecule has 1 amide bonds. The van der Waals surface area contributed by atoms with Crippen LogP contribution in [0.5, 0.6) is 0 Å². The van der Waals surface area contributed by atoms with Crippen LogP contribution in [-0.4, -0.2) is 37.8 Å². The first-order chi connectivity index (χ1) is 17.4. The Morgan fingerprint density at radius 2 is 1.92 bits per heavy atom. The van der Waals surface area contributed by atoms with Crippen molar-refractivity contribution in [1.82, 2.24) is 20.1 Å². The number of aromatic nitrogens is 3. The second kappa shape index (κ2) is 8.48. The molecule has 0 unspecified atom stereocenters. The lowest BCUT2D eigenvalue weighted by Crippen LogP contribution is -2.57. The number of amides is 1. The maximum absolute atomic E-state index is 13.5. The summed E-state index contributed by atoms with van der Waals surface area (Å²) in [5, 5.41) is 17.9. The number of carboxylic acid groups (broad SMARTS) is 1. The van der Waals surface area contributed by atoms with Crippen molar-refractivity contribution >= 4 is 22.8 Å². The summed E-state index contributed by atoms with van der Waals surface area (Å²) >= 11 is 0. The fourth-order valence-electron chi connectivity index (χ4n) is 6.15. The van der Waals surface area contributed by atoms with Crippen molar-refractivity contribution in [3.63, 3.8) is 0 Å². The number of carbonyl (C=O) groups excluding carboxylic acids is 1. The monoisotopic (exact) mass is 482 g/mol. The minimum absolute atomic E-state index is 0.0744. The molecule has 36 heavy (non-hydrogen) atoms. The zero-order valence-corrected chi connectivity index (χ0v) is 20.6. The molecule has 2 N–H and O–H groups in total. The minimum atomic E-state index is -0.703. The van der Waals surface area contributed by atoms with Crippen LogP contribution in [0.15, 0.2) is 36.7 Å². The van der Waals surface area contributed by atoms with Crippen LogP contribution in [0.1, 0.15) is 91.5 Å². The summed E-state index contributed by atoms with van der Waals surface area (Å²) in [6.07, 6.45) is 9.30. The molecule has 1 aromatic carbocycles. The molecule has 2 heterocycles. The molecule has 3 saturated carbocycles. The molecule has 0 radical (unpaired) electrons. The molecule has 184 valence electrons. The third kappa shape index (κ3) is 3.85. The number of hydrogen-bond acceptors (Lipinski definition) is 4. The number of hydrogen-bond donors (Lipinski definition) is 2. The van der Waals surface area contributed by atoms with E-state index in [1.165, 1.54) is 12.8 Å². The lowest BCUT2D eigenvalue weighted by molar-refractivity contribution is -0.155. The van der Waals surface area contributed by atoms with Crippen LogP contribution >= 0.6 is 0 Å². The van der Waals surface area contributed by atoms with Crippen LogP contribution in [0, 0.1) is 23.2 Å². The zero-order valence-electron chi connectivity index (χ0n) is 20.6. The molecule has 0 saturated heterocycles. The Morgan fingerprint density at radius 1 is 1.14 bits per heavy atom. The average Bonchev–Trinajstić information content (AvgIpc) is 3.57. The van der Waals surface area contributed by atoms with Crippen molar-refractivity contribution in [1.29, 1.82) is 0 Å². The predicted molar refractivity (Wildman–Crippen MR) is 136 cm³/mol. The highest BCUT2D eigenvalue weighted by Gasteiger charge is 2.55. The molecule has 3 fully saturated rings. The van der Waals surface area contributed by atoms with Crippen LogP contribution in [-0.2, 0) is 4.79 Å². The second-order valence-electron chi connectivity index (χ2n) is 10.9. The van der Waals surface area contributed by atoms with E-state index in [-0.39, 0.29) is 29.3 Å².